The Morgan fingerprint density at radius 1 is 1.32 bits per heavy atom. The Hall–Kier alpha value is -2.41. The van der Waals surface area contributed by atoms with Crippen LogP contribution in [0.3, 0.4) is 0 Å². The average Bonchev–Trinajstić information content (AvgIpc) is 3.03. The molecule has 2 aliphatic rings. The van der Waals surface area contributed by atoms with Crippen LogP contribution < -0.4 is 5.32 Å². The van der Waals surface area contributed by atoms with E-state index in [4.69, 9.17) is 0 Å². The van der Waals surface area contributed by atoms with Gasteiger partial charge in [-0.3, -0.25) is 14.6 Å². The zero-order valence-electron chi connectivity index (χ0n) is 16.3. The molecule has 2 fully saturated rings. The molecule has 1 aliphatic carbocycles. The van der Waals surface area contributed by atoms with Crippen LogP contribution in [0.5, 0.6) is 0 Å². The molecule has 0 spiro atoms. The highest BCUT2D eigenvalue weighted by molar-refractivity contribution is 5.88. The number of rotatable bonds is 5. The van der Waals surface area contributed by atoms with Gasteiger partial charge in [0.2, 0.25) is 11.8 Å². The van der Waals surface area contributed by atoms with E-state index >= 15 is 0 Å². The summed E-state index contributed by atoms with van der Waals surface area (Å²) in [5.74, 6) is 0.00614. The number of hydrogen-bond donors (Lipinski definition) is 2. The van der Waals surface area contributed by atoms with E-state index in [-0.39, 0.29) is 17.7 Å². The number of carbonyl (C=O) groups excluding carboxylic acids is 2. The second-order valence-corrected chi connectivity index (χ2v) is 8.26. The van der Waals surface area contributed by atoms with Crippen molar-refractivity contribution in [3.05, 3.63) is 30.6 Å². The zero-order chi connectivity index (χ0) is 19.7. The van der Waals surface area contributed by atoms with E-state index in [1.54, 1.807) is 18.0 Å². The monoisotopic (exact) mass is 384 g/mol. The van der Waals surface area contributed by atoms with E-state index in [9.17, 15) is 14.7 Å². The number of nitrogens with zero attached hydrogens (tertiary/aromatic N) is 3. The fourth-order valence-electron chi connectivity index (χ4n) is 4.11. The summed E-state index contributed by atoms with van der Waals surface area (Å²) in [7, 11) is 0. The molecule has 3 heterocycles. The Balaban J connectivity index is 1.33. The molecule has 2 amide bonds. The lowest BCUT2D eigenvalue weighted by atomic mass is 9.84. The van der Waals surface area contributed by atoms with Gasteiger partial charge in [0.15, 0.2) is 0 Å². The lowest BCUT2D eigenvalue weighted by molar-refractivity contribution is -0.141. The van der Waals surface area contributed by atoms with Crippen LogP contribution in [0, 0.1) is 5.92 Å². The average molecular weight is 384 g/mol. The standard InChI is InChI=1S/C21H28N4O3/c1-15(23-19(26)16-4-2-5-16)20(27)24-12-8-21(28,9-13-24)14-25-11-7-17-18(25)6-3-10-22-17/h3,6-7,10-11,15-16,28H,2,4-5,8-9,12-14H2,1H3,(H,23,26). The van der Waals surface area contributed by atoms with Gasteiger partial charge in [0, 0.05) is 31.4 Å². The third-order valence-electron chi connectivity index (χ3n) is 6.21. The summed E-state index contributed by atoms with van der Waals surface area (Å²) >= 11 is 0. The van der Waals surface area contributed by atoms with E-state index in [1.165, 1.54) is 0 Å². The minimum absolute atomic E-state index is 0.00582. The van der Waals surface area contributed by atoms with Crippen molar-refractivity contribution in [1.82, 2.24) is 19.8 Å². The van der Waals surface area contributed by atoms with Crippen molar-refractivity contribution in [2.24, 2.45) is 5.92 Å². The molecule has 0 bridgehead atoms. The van der Waals surface area contributed by atoms with Crippen LogP contribution >= 0.6 is 0 Å². The van der Waals surface area contributed by atoms with Gasteiger partial charge >= 0.3 is 0 Å². The highest BCUT2D eigenvalue weighted by Crippen LogP contribution is 2.28. The number of fused-ring (bicyclic) bond motifs is 1. The second-order valence-electron chi connectivity index (χ2n) is 8.26. The van der Waals surface area contributed by atoms with Crippen molar-refractivity contribution in [3.63, 3.8) is 0 Å². The molecule has 1 saturated carbocycles. The second kappa shape index (κ2) is 7.54. The van der Waals surface area contributed by atoms with Gasteiger partial charge in [-0.15, -0.1) is 0 Å². The number of pyridine rings is 1. The van der Waals surface area contributed by atoms with Crippen LogP contribution in [0.15, 0.2) is 30.6 Å². The maximum atomic E-state index is 12.7. The molecule has 2 aromatic rings. The normalized spacial score (nSPS) is 20.6. The van der Waals surface area contributed by atoms with E-state index in [1.807, 2.05) is 29.0 Å². The van der Waals surface area contributed by atoms with Crippen molar-refractivity contribution >= 4 is 22.8 Å². The van der Waals surface area contributed by atoms with Gasteiger partial charge in [-0.25, -0.2) is 0 Å². The molecule has 1 saturated heterocycles. The third kappa shape index (κ3) is 3.76. The quantitative estimate of drug-likeness (QED) is 0.821. The number of nitrogens with one attached hydrogen (secondary N) is 1. The van der Waals surface area contributed by atoms with Crippen molar-refractivity contribution in [2.75, 3.05) is 13.1 Å². The van der Waals surface area contributed by atoms with Crippen LogP contribution in [0.2, 0.25) is 0 Å². The fraction of sp³-hybridized carbons (Fsp3) is 0.571. The van der Waals surface area contributed by atoms with Gasteiger partial charge in [-0.2, -0.15) is 0 Å². The number of aromatic nitrogens is 2. The molecule has 1 unspecified atom stereocenters. The Labute approximate surface area is 164 Å². The lowest BCUT2D eigenvalue weighted by Crippen LogP contribution is -2.54. The summed E-state index contributed by atoms with van der Waals surface area (Å²) in [5, 5.41) is 13.9. The van der Waals surface area contributed by atoms with Crippen LogP contribution in [0.1, 0.15) is 39.0 Å². The third-order valence-corrected chi connectivity index (χ3v) is 6.21. The Kier molecular flexibility index (Phi) is 5.10. The molecule has 7 nitrogen and oxygen atoms in total. The van der Waals surface area contributed by atoms with Crippen LogP contribution in [-0.2, 0) is 16.1 Å². The van der Waals surface area contributed by atoms with E-state index in [2.05, 4.69) is 10.3 Å². The molecule has 0 aromatic carbocycles. The minimum atomic E-state index is -0.850. The van der Waals surface area contributed by atoms with E-state index < -0.39 is 11.6 Å². The first kappa shape index (κ1) is 18.9. The van der Waals surface area contributed by atoms with Gasteiger partial charge in [-0.1, -0.05) is 6.42 Å². The maximum Gasteiger partial charge on any atom is 0.244 e. The fourth-order valence-corrected chi connectivity index (χ4v) is 4.11. The summed E-state index contributed by atoms with van der Waals surface area (Å²) in [5.41, 5.74) is 1.06. The van der Waals surface area contributed by atoms with E-state index in [0.717, 1.165) is 30.3 Å². The number of piperidine rings is 1. The molecule has 2 N–H and O–H groups in total. The Morgan fingerprint density at radius 2 is 2.07 bits per heavy atom. The number of likely N-dealkylation sites (tertiary alicyclic amines) is 1. The molecule has 4 rings (SSSR count). The number of aliphatic hydroxyl groups is 1. The SMILES string of the molecule is CC(NC(=O)C1CCC1)C(=O)N1CCC(O)(Cn2ccc3ncccc32)CC1. The molecule has 28 heavy (non-hydrogen) atoms. The Morgan fingerprint density at radius 3 is 2.75 bits per heavy atom. The smallest absolute Gasteiger partial charge is 0.244 e. The Bertz CT molecular complexity index is 865. The summed E-state index contributed by atoms with van der Waals surface area (Å²) < 4.78 is 2.03. The van der Waals surface area contributed by atoms with Crippen molar-refractivity contribution in [1.29, 1.82) is 0 Å². The first-order valence-corrected chi connectivity index (χ1v) is 10.2. The van der Waals surface area contributed by atoms with Crippen LogP contribution in [0.25, 0.3) is 11.0 Å². The molecule has 2 aromatic heterocycles. The molecular formula is C21H28N4O3. The summed E-state index contributed by atoms with van der Waals surface area (Å²) in [6, 6.07) is 5.32. The summed E-state index contributed by atoms with van der Waals surface area (Å²) in [4.78, 5) is 30.9. The number of hydrogen-bond acceptors (Lipinski definition) is 4. The van der Waals surface area contributed by atoms with Crippen molar-refractivity contribution < 1.29 is 14.7 Å². The van der Waals surface area contributed by atoms with Gasteiger partial charge < -0.3 is 19.9 Å². The molecule has 1 atom stereocenters. The zero-order valence-corrected chi connectivity index (χ0v) is 16.3. The first-order chi connectivity index (χ1) is 13.5. The topological polar surface area (TPSA) is 87.5 Å². The minimum Gasteiger partial charge on any atom is -0.388 e. The van der Waals surface area contributed by atoms with Gasteiger partial charge in [0.1, 0.15) is 6.04 Å². The maximum absolute atomic E-state index is 12.7. The molecule has 7 heteroatoms. The van der Waals surface area contributed by atoms with Gasteiger partial charge in [0.25, 0.3) is 0 Å². The highest BCUT2D eigenvalue weighted by atomic mass is 16.3. The summed E-state index contributed by atoms with van der Waals surface area (Å²) in [6.45, 7) is 3.23. The predicted octanol–water partition coefficient (Wildman–Crippen LogP) is 1.69. The number of amides is 2. The van der Waals surface area contributed by atoms with Gasteiger partial charge in [0.05, 0.1) is 23.2 Å². The van der Waals surface area contributed by atoms with Crippen molar-refractivity contribution in [3.8, 4) is 0 Å². The largest absolute Gasteiger partial charge is 0.388 e. The van der Waals surface area contributed by atoms with Gasteiger partial charge in [-0.05, 0) is 50.8 Å². The lowest BCUT2D eigenvalue weighted by Gasteiger charge is -2.39. The predicted molar refractivity (Wildman–Crippen MR) is 105 cm³/mol. The molecular weight excluding hydrogens is 356 g/mol. The molecule has 150 valence electrons. The molecule has 0 radical (unpaired) electrons. The van der Waals surface area contributed by atoms with Crippen LogP contribution in [0.4, 0.5) is 0 Å². The highest BCUT2D eigenvalue weighted by Gasteiger charge is 2.36. The number of carbonyl (C=O) groups is 2. The van der Waals surface area contributed by atoms with Crippen molar-refractivity contribution in [2.45, 2.75) is 57.2 Å². The van der Waals surface area contributed by atoms with E-state index in [0.29, 0.717) is 32.5 Å². The summed E-state index contributed by atoms with van der Waals surface area (Å²) in [6.07, 6.45) is 7.68. The molecule has 1 aliphatic heterocycles. The van der Waals surface area contributed by atoms with Crippen LogP contribution in [-0.4, -0.2) is 56.1 Å². The first-order valence-electron chi connectivity index (χ1n) is 10.2.